The number of hydrogen-bond acceptors (Lipinski definition) is 4. The molecule has 0 saturated heterocycles. The van der Waals surface area contributed by atoms with Crippen LogP contribution in [0.25, 0.3) is 10.8 Å². The highest BCUT2D eigenvalue weighted by Gasteiger charge is 2.23. The number of sulfonamides is 1. The zero-order valence-electron chi connectivity index (χ0n) is 14.2. The van der Waals surface area contributed by atoms with Crippen molar-refractivity contribution < 1.29 is 13.2 Å². The van der Waals surface area contributed by atoms with Crippen molar-refractivity contribution in [3.05, 3.63) is 66.5 Å². The molecule has 0 amide bonds. The minimum absolute atomic E-state index is 0.285. The van der Waals surface area contributed by atoms with E-state index in [1.54, 1.807) is 38.6 Å². The summed E-state index contributed by atoms with van der Waals surface area (Å²) in [7, 11) is -0.438. The average Bonchev–Trinajstić information content (AvgIpc) is 2.65. The van der Waals surface area contributed by atoms with Crippen molar-refractivity contribution >= 4 is 20.8 Å². The Morgan fingerprint density at radius 3 is 2.40 bits per heavy atom. The number of nitrogens with zero attached hydrogens (tertiary/aromatic N) is 2. The number of fused-ring (bicyclic) bond motifs is 1. The monoisotopic (exact) mass is 356 g/mol. The molecule has 0 spiro atoms. The zero-order valence-corrected chi connectivity index (χ0v) is 15.0. The molecule has 0 fully saturated rings. The van der Waals surface area contributed by atoms with Crippen molar-refractivity contribution in [1.29, 1.82) is 0 Å². The highest BCUT2D eigenvalue weighted by molar-refractivity contribution is 7.89. The molecule has 0 unspecified atom stereocenters. The van der Waals surface area contributed by atoms with Gasteiger partial charge in [-0.25, -0.2) is 12.7 Å². The summed E-state index contributed by atoms with van der Waals surface area (Å²) in [6, 6.07) is 16.3. The normalized spacial score (nSPS) is 11.8. The maximum Gasteiger partial charge on any atom is 0.243 e. The van der Waals surface area contributed by atoms with Crippen molar-refractivity contribution in [1.82, 2.24) is 9.29 Å². The Balaban J connectivity index is 1.93. The fourth-order valence-corrected chi connectivity index (χ4v) is 4.12. The van der Waals surface area contributed by atoms with Crippen LogP contribution in [0, 0.1) is 0 Å². The van der Waals surface area contributed by atoms with E-state index in [0.29, 0.717) is 24.1 Å². The molecular weight excluding hydrogens is 336 g/mol. The van der Waals surface area contributed by atoms with E-state index in [1.165, 1.54) is 4.31 Å². The summed E-state index contributed by atoms with van der Waals surface area (Å²) in [6.45, 7) is 0.361. The van der Waals surface area contributed by atoms with E-state index in [1.807, 2.05) is 36.4 Å². The molecule has 130 valence electrons. The summed E-state index contributed by atoms with van der Waals surface area (Å²) in [5.74, 6) is 0.658. The number of ether oxygens (including phenoxy) is 1. The summed E-state index contributed by atoms with van der Waals surface area (Å²) in [5, 5.41) is 1.44. The lowest BCUT2D eigenvalue weighted by atomic mass is 10.1. The lowest BCUT2D eigenvalue weighted by molar-refractivity contribution is 0.419. The molecule has 1 heterocycles. The van der Waals surface area contributed by atoms with E-state index in [9.17, 15) is 8.42 Å². The third-order valence-corrected chi connectivity index (χ3v) is 6.08. The van der Waals surface area contributed by atoms with Gasteiger partial charge >= 0.3 is 0 Å². The lowest BCUT2D eigenvalue weighted by Crippen LogP contribution is -2.29. The number of aromatic nitrogens is 1. The first-order valence-electron chi connectivity index (χ1n) is 7.96. The highest BCUT2D eigenvalue weighted by Crippen LogP contribution is 2.32. The van der Waals surface area contributed by atoms with Gasteiger partial charge in [0.25, 0.3) is 0 Å². The van der Waals surface area contributed by atoms with Crippen molar-refractivity contribution in [2.24, 2.45) is 0 Å². The predicted octanol–water partition coefficient (Wildman–Crippen LogP) is 3.11. The molecule has 2 aromatic carbocycles. The van der Waals surface area contributed by atoms with E-state index in [4.69, 9.17) is 4.74 Å². The van der Waals surface area contributed by atoms with Crippen LogP contribution in [0.1, 0.15) is 5.69 Å². The topological polar surface area (TPSA) is 59.5 Å². The van der Waals surface area contributed by atoms with Gasteiger partial charge in [0.05, 0.1) is 12.0 Å². The first-order chi connectivity index (χ1) is 12.0. The van der Waals surface area contributed by atoms with Crippen LogP contribution in [0.2, 0.25) is 0 Å². The van der Waals surface area contributed by atoms with E-state index in [-0.39, 0.29) is 4.90 Å². The summed E-state index contributed by atoms with van der Waals surface area (Å²) in [6.07, 6.45) is 2.27. The first-order valence-corrected chi connectivity index (χ1v) is 9.40. The summed E-state index contributed by atoms with van der Waals surface area (Å²) in [5.41, 5.74) is 0.865. The smallest absolute Gasteiger partial charge is 0.243 e. The quantitative estimate of drug-likeness (QED) is 0.681. The zero-order chi connectivity index (χ0) is 17.9. The Bertz CT molecular complexity index is 972. The first kappa shape index (κ1) is 17.4. The van der Waals surface area contributed by atoms with Crippen LogP contribution in [0.3, 0.4) is 0 Å². The van der Waals surface area contributed by atoms with Gasteiger partial charge < -0.3 is 4.74 Å². The Labute approximate surface area is 147 Å². The molecule has 0 aliphatic carbocycles. The van der Waals surface area contributed by atoms with Gasteiger partial charge in [0, 0.05) is 42.7 Å². The van der Waals surface area contributed by atoms with Crippen LogP contribution < -0.4 is 4.74 Å². The van der Waals surface area contributed by atoms with Crippen LogP contribution in [0.15, 0.2) is 65.7 Å². The van der Waals surface area contributed by atoms with Gasteiger partial charge in [-0.3, -0.25) is 4.98 Å². The van der Waals surface area contributed by atoms with Crippen LogP contribution in [0.4, 0.5) is 0 Å². The van der Waals surface area contributed by atoms with E-state index in [0.717, 1.165) is 11.1 Å². The highest BCUT2D eigenvalue weighted by atomic mass is 32.2. The van der Waals surface area contributed by atoms with Gasteiger partial charge in [-0.1, -0.05) is 30.3 Å². The number of hydrogen-bond donors (Lipinski definition) is 0. The summed E-state index contributed by atoms with van der Waals surface area (Å²) in [4.78, 5) is 4.52. The molecule has 0 saturated carbocycles. The van der Waals surface area contributed by atoms with Crippen molar-refractivity contribution in [3.63, 3.8) is 0 Å². The Kier molecular flexibility index (Phi) is 5.01. The molecule has 5 nitrogen and oxygen atoms in total. The molecule has 1 aromatic heterocycles. The number of pyridine rings is 1. The third kappa shape index (κ3) is 3.50. The van der Waals surface area contributed by atoms with Gasteiger partial charge in [0.1, 0.15) is 5.75 Å². The number of benzene rings is 2. The molecule has 3 aromatic rings. The molecule has 25 heavy (non-hydrogen) atoms. The number of rotatable bonds is 6. The molecule has 0 N–H and O–H groups in total. The number of methoxy groups -OCH3 is 1. The third-order valence-electron chi connectivity index (χ3n) is 4.16. The molecule has 0 aliphatic heterocycles. The molecular formula is C19H20N2O3S. The summed E-state index contributed by atoms with van der Waals surface area (Å²) >= 11 is 0. The standard InChI is InChI=1S/C19H20N2O3S/c1-21(14-12-15-7-5-6-13-20-15)25(22,23)19-11-10-18(24-2)16-8-3-4-9-17(16)19/h3-11,13H,12,14H2,1-2H3. The van der Waals surface area contributed by atoms with Gasteiger partial charge in [0.2, 0.25) is 10.0 Å². The lowest BCUT2D eigenvalue weighted by Gasteiger charge is -2.19. The van der Waals surface area contributed by atoms with Crippen LogP contribution in [-0.2, 0) is 16.4 Å². The Hall–Kier alpha value is -2.44. The molecule has 3 rings (SSSR count). The predicted molar refractivity (Wildman–Crippen MR) is 98.3 cm³/mol. The van der Waals surface area contributed by atoms with Crippen molar-refractivity contribution in [2.45, 2.75) is 11.3 Å². The maximum absolute atomic E-state index is 13.0. The second-order valence-electron chi connectivity index (χ2n) is 5.71. The molecule has 0 radical (unpaired) electrons. The molecule has 0 bridgehead atoms. The largest absolute Gasteiger partial charge is 0.496 e. The molecule has 0 aliphatic rings. The SMILES string of the molecule is COc1ccc(S(=O)(=O)N(C)CCc2ccccn2)c2ccccc12. The van der Waals surface area contributed by atoms with Gasteiger partial charge in [-0.15, -0.1) is 0 Å². The van der Waals surface area contributed by atoms with Gasteiger partial charge in [-0.05, 0) is 24.3 Å². The van der Waals surface area contributed by atoms with E-state index < -0.39 is 10.0 Å². The Morgan fingerprint density at radius 1 is 1.00 bits per heavy atom. The van der Waals surface area contributed by atoms with Crippen molar-refractivity contribution in [3.8, 4) is 5.75 Å². The number of likely N-dealkylation sites (N-methyl/N-ethyl adjacent to an activating group) is 1. The summed E-state index contributed by atoms with van der Waals surface area (Å²) < 4.78 is 32.8. The minimum Gasteiger partial charge on any atom is -0.496 e. The second-order valence-corrected chi connectivity index (χ2v) is 7.72. The van der Waals surface area contributed by atoms with Crippen LogP contribution in [0.5, 0.6) is 5.75 Å². The van der Waals surface area contributed by atoms with E-state index >= 15 is 0 Å². The fraction of sp³-hybridized carbons (Fsp3) is 0.211. The molecule has 0 atom stereocenters. The van der Waals surface area contributed by atoms with Crippen molar-refractivity contribution in [2.75, 3.05) is 20.7 Å². The maximum atomic E-state index is 13.0. The minimum atomic E-state index is -3.61. The van der Waals surface area contributed by atoms with Crippen LogP contribution in [-0.4, -0.2) is 38.4 Å². The van der Waals surface area contributed by atoms with Gasteiger partial charge in [0.15, 0.2) is 0 Å². The average molecular weight is 356 g/mol. The van der Waals surface area contributed by atoms with Crippen LogP contribution >= 0.6 is 0 Å². The van der Waals surface area contributed by atoms with E-state index in [2.05, 4.69) is 4.98 Å². The second kappa shape index (κ2) is 7.21. The fourth-order valence-electron chi connectivity index (χ4n) is 2.75. The van der Waals surface area contributed by atoms with Gasteiger partial charge in [-0.2, -0.15) is 0 Å². The molecule has 6 heteroatoms. The Morgan fingerprint density at radius 2 is 1.72 bits per heavy atom.